The van der Waals surface area contributed by atoms with Crippen LogP contribution in [0.3, 0.4) is 0 Å². The average Bonchev–Trinajstić information content (AvgIpc) is 2.77. The van der Waals surface area contributed by atoms with Crippen molar-refractivity contribution in [3.63, 3.8) is 0 Å². The SMILES string of the molecule is COc1ccc(-c2cc3c(NCc4ccccc4)cc(N)nc3cn2)cc1OC. The first-order valence-electron chi connectivity index (χ1n) is 9.24. The molecule has 2 heterocycles. The molecule has 0 aliphatic rings. The molecule has 6 heteroatoms. The van der Waals surface area contributed by atoms with E-state index in [4.69, 9.17) is 15.2 Å². The Balaban J connectivity index is 1.73. The van der Waals surface area contributed by atoms with Crippen molar-refractivity contribution in [2.75, 3.05) is 25.3 Å². The Morgan fingerprint density at radius 1 is 0.931 bits per heavy atom. The van der Waals surface area contributed by atoms with Crippen LogP contribution < -0.4 is 20.5 Å². The van der Waals surface area contributed by atoms with Crippen molar-refractivity contribution in [2.45, 2.75) is 6.54 Å². The molecule has 0 unspecified atom stereocenters. The molecule has 6 nitrogen and oxygen atoms in total. The van der Waals surface area contributed by atoms with Crippen LogP contribution in [0.15, 0.2) is 66.9 Å². The Hall–Kier alpha value is -3.80. The first-order valence-corrected chi connectivity index (χ1v) is 9.24. The molecule has 4 aromatic rings. The van der Waals surface area contributed by atoms with E-state index in [0.29, 0.717) is 23.9 Å². The highest BCUT2D eigenvalue weighted by atomic mass is 16.5. The molecule has 0 aliphatic heterocycles. The standard InChI is InChI=1S/C23H22N4O2/c1-28-21-9-8-16(10-22(21)29-2)18-11-17-19(12-23(24)27-20(17)14-26-18)25-13-15-6-4-3-5-7-15/h3-12,14H,13H2,1-2H3,(H3,24,25,27). The van der Waals surface area contributed by atoms with Crippen molar-refractivity contribution in [2.24, 2.45) is 0 Å². The molecule has 4 rings (SSSR count). The Bertz CT molecular complexity index is 1150. The van der Waals surface area contributed by atoms with E-state index in [1.54, 1.807) is 20.4 Å². The molecular weight excluding hydrogens is 364 g/mol. The lowest BCUT2D eigenvalue weighted by Gasteiger charge is -2.13. The largest absolute Gasteiger partial charge is 0.493 e. The van der Waals surface area contributed by atoms with Crippen LogP contribution in [0.2, 0.25) is 0 Å². The van der Waals surface area contributed by atoms with Gasteiger partial charge in [-0.25, -0.2) is 4.98 Å². The number of benzene rings is 2. The van der Waals surface area contributed by atoms with Gasteiger partial charge in [0, 0.05) is 29.2 Å². The molecule has 0 fully saturated rings. The first kappa shape index (κ1) is 18.6. The normalized spacial score (nSPS) is 10.7. The number of hydrogen-bond acceptors (Lipinski definition) is 6. The van der Waals surface area contributed by atoms with E-state index in [-0.39, 0.29) is 0 Å². The maximum atomic E-state index is 6.00. The van der Waals surface area contributed by atoms with E-state index in [9.17, 15) is 0 Å². The molecule has 0 atom stereocenters. The molecule has 0 bridgehead atoms. The molecule has 2 aromatic heterocycles. The summed E-state index contributed by atoms with van der Waals surface area (Å²) >= 11 is 0. The van der Waals surface area contributed by atoms with Crippen LogP contribution in [0.5, 0.6) is 11.5 Å². The molecule has 0 amide bonds. The van der Waals surface area contributed by atoms with Crippen molar-refractivity contribution in [3.05, 3.63) is 72.4 Å². The van der Waals surface area contributed by atoms with Gasteiger partial charge < -0.3 is 20.5 Å². The van der Waals surface area contributed by atoms with Gasteiger partial charge in [-0.2, -0.15) is 0 Å². The Morgan fingerprint density at radius 2 is 1.72 bits per heavy atom. The fourth-order valence-electron chi connectivity index (χ4n) is 3.24. The number of nitrogens with zero attached hydrogens (tertiary/aromatic N) is 2. The number of nitrogens with two attached hydrogens (primary N) is 1. The van der Waals surface area contributed by atoms with E-state index >= 15 is 0 Å². The third-order valence-electron chi connectivity index (χ3n) is 4.72. The molecule has 0 aliphatic carbocycles. The molecule has 0 saturated carbocycles. The van der Waals surface area contributed by atoms with Gasteiger partial charge >= 0.3 is 0 Å². The van der Waals surface area contributed by atoms with Gasteiger partial charge in [0.1, 0.15) is 5.82 Å². The van der Waals surface area contributed by atoms with Crippen LogP contribution in [0.25, 0.3) is 22.2 Å². The molecule has 0 radical (unpaired) electrons. The van der Waals surface area contributed by atoms with Crippen LogP contribution >= 0.6 is 0 Å². The van der Waals surface area contributed by atoms with Gasteiger partial charge in [0.25, 0.3) is 0 Å². The molecule has 2 aromatic carbocycles. The van der Waals surface area contributed by atoms with Crippen molar-refractivity contribution >= 4 is 22.4 Å². The maximum absolute atomic E-state index is 6.00. The zero-order chi connectivity index (χ0) is 20.2. The van der Waals surface area contributed by atoms with Crippen molar-refractivity contribution in [3.8, 4) is 22.8 Å². The maximum Gasteiger partial charge on any atom is 0.161 e. The summed E-state index contributed by atoms with van der Waals surface area (Å²) < 4.78 is 10.7. The van der Waals surface area contributed by atoms with Crippen molar-refractivity contribution in [1.82, 2.24) is 9.97 Å². The molecule has 0 spiro atoms. The fraction of sp³-hybridized carbons (Fsp3) is 0.130. The first-order chi connectivity index (χ1) is 14.2. The van der Waals surface area contributed by atoms with E-state index in [2.05, 4.69) is 27.4 Å². The molecular formula is C23H22N4O2. The minimum absolute atomic E-state index is 0.453. The summed E-state index contributed by atoms with van der Waals surface area (Å²) in [6.45, 7) is 0.688. The van der Waals surface area contributed by atoms with Crippen LogP contribution in [-0.4, -0.2) is 24.2 Å². The van der Waals surface area contributed by atoms with Crippen molar-refractivity contribution < 1.29 is 9.47 Å². The van der Waals surface area contributed by atoms with Gasteiger partial charge in [0.15, 0.2) is 11.5 Å². The highest BCUT2D eigenvalue weighted by molar-refractivity contribution is 5.94. The number of fused-ring (bicyclic) bond motifs is 1. The van der Waals surface area contributed by atoms with Crippen LogP contribution in [0, 0.1) is 0 Å². The molecule has 0 saturated heterocycles. The van der Waals surface area contributed by atoms with E-state index in [0.717, 1.165) is 27.8 Å². The van der Waals surface area contributed by atoms with Gasteiger partial charge in [0.05, 0.1) is 31.6 Å². The lowest BCUT2D eigenvalue weighted by molar-refractivity contribution is 0.355. The Kier molecular flexibility index (Phi) is 5.16. The highest BCUT2D eigenvalue weighted by Crippen LogP contribution is 2.33. The number of ether oxygens (including phenoxy) is 2. The van der Waals surface area contributed by atoms with E-state index in [1.165, 1.54) is 5.56 Å². The third-order valence-corrected chi connectivity index (χ3v) is 4.72. The van der Waals surface area contributed by atoms with E-state index < -0.39 is 0 Å². The number of anilines is 2. The van der Waals surface area contributed by atoms with Gasteiger partial charge in [-0.3, -0.25) is 4.98 Å². The zero-order valence-electron chi connectivity index (χ0n) is 16.3. The summed E-state index contributed by atoms with van der Waals surface area (Å²) in [5.41, 5.74) is 10.6. The van der Waals surface area contributed by atoms with Crippen LogP contribution in [0.4, 0.5) is 11.5 Å². The lowest BCUT2D eigenvalue weighted by atomic mass is 10.1. The summed E-state index contributed by atoms with van der Waals surface area (Å²) in [5.74, 6) is 1.79. The quantitative estimate of drug-likeness (QED) is 0.507. The van der Waals surface area contributed by atoms with Gasteiger partial charge in [-0.1, -0.05) is 30.3 Å². The number of nitrogens with one attached hydrogen (secondary N) is 1. The van der Waals surface area contributed by atoms with Gasteiger partial charge in [-0.05, 0) is 29.8 Å². The average molecular weight is 386 g/mol. The third kappa shape index (κ3) is 3.91. The number of nitrogen functional groups attached to an aromatic ring is 1. The second-order valence-electron chi connectivity index (χ2n) is 6.59. The minimum atomic E-state index is 0.453. The number of pyridine rings is 2. The van der Waals surface area contributed by atoms with E-state index in [1.807, 2.05) is 48.5 Å². The predicted molar refractivity (Wildman–Crippen MR) is 116 cm³/mol. The van der Waals surface area contributed by atoms with Gasteiger partial charge in [-0.15, -0.1) is 0 Å². The molecule has 3 N–H and O–H groups in total. The second kappa shape index (κ2) is 8.06. The molecule has 146 valence electrons. The monoisotopic (exact) mass is 386 g/mol. The number of methoxy groups -OCH3 is 2. The number of hydrogen-bond donors (Lipinski definition) is 2. The number of rotatable bonds is 6. The zero-order valence-corrected chi connectivity index (χ0v) is 16.3. The summed E-state index contributed by atoms with van der Waals surface area (Å²) in [7, 11) is 3.24. The number of aromatic nitrogens is 2. The lowest BCUT2D eigenvalue weighted by Crippen LogP contribution is -2.02. The summed E-state index contributed by atoms with van der Waals surface area (Å²) in [4.78, 5) is 8.98. The van der Waals surface area contributed by atoms with Gasteiger partial charge in [0.2, 0.25) is 0 Å². The van der Waals surface area contributed by atoms with Crippen molar-refractivity contribution in [1.29, 1.82) is 0 Å². The summed E-state index contributed by atoms with van der Waals surface area (Å²) in [5, 5.41) is 4.43. The predicted octanol–water partition coefficient (Wildman–Crippen LogP) is 4.51. The Morgan fingerprint density at radius 3 is 2.48 bits per heavy atom. The second-order valence-corrected chi connectivity index (χ2v) is 6.59. The topological polar surface area (TPSA) is 82.3 Å². The highest BCUT2D eigenvalue weighted by Gasteiger charge is 2.11. The fourth-order valence-corrected chi connectivity index (χ4v) is 3.24. The minimum Gasteiger partial charge on any atom is -0.493 e. The summed E-state index contributed by atoms with van der Waals surface area (Å²) in [6, 6.07) is 19.8. The Labute approximate surface area is 169 Å². The summed E-state index contributed by atoms with van der Waals surface area (Å²) in [6.07, 6.45) is 1.74. The molecule has 29 heavy (non-hydrogen) atoms. The smallest absolute Gasteiger partial charge is 0.161 e. The van der Waals surface area contributed by atoms with Crippen LogP contribution in [0.1, 0.15) is 5.56 Å². The van der Waals surface area contributed by atoms with Crippen LogP contribution in [-0.2, 0) is 6.54 Å².